The van der Waals surface area contributed by atoms with Gasteiger partial charge in [0.2, 0.25) is 0 Å². The summed E-state index contributed by atoms with van der Waals surface area (Å²) in [5.41, 5.74) is 10.3. The zero-order valence-corrected chi connectivity index (χ0v) is 30.9. The summed E-state index contributed by atoms with van der Waals surface area (Å²) >= 11 is 0. The lowest BCUT2D eigenvalue weighted by molar-refractivity contribution is 0.299. The van der Waals surface area contributed by atoms with Crippen molar-refractivity contribution in [3.05, 3.63) is 175 Å². The average molecular weight is 694 g/mol. The minimum Gasteiger partial charge on any atom is -0.208 e. The molecule has 1 heterocycles. The highest BCUT2D eigenvalue weighted by Crippen LogP contribution is 2.56. The largest absolute Gasteiger partial charge is 0.208 e. The van der Waals surface area contributed by atoms with Crippen LogP contribution in [-0.4, -0.2) is 15.0 Å². The van der Waals surface area contributed by atoms with Crippen LogP contribution in [0.1, 0.15) is 38.8 Å². The first kappa shape index (κ1) is 32.2. The van der Waals surface area contributed by atoms with Gasteiger partial charge in [0.05, 0.1) is 0 Å². The highest BCUT2D eigenvalue weighted by molar-refractivity contribution is 6.26. The van der Waals surface area contributed by atoms with Gasteiger partial charge in [0.1, 0.15) is 0 Å². The Morgan fingerprint density at radius 1 is 0.296 bits per heavy atom. The second-order valence-corrected chi connectivity index (χ2v) is 15.7. The first-order chi connectivity index (χ1) is 26.3. The summed E-state index contributed by atoms with van der Waals surface area (Å²) in [6.07, 6.45) is 0. The van der Waals surface area contributed by atoms with Crippen LogP contribution < -0.4 is 0 Å². The maximum Gasteiger partial charge on any atom is 0.164 e. The summed E-state index contributed by atoms with van der Waals surface area (Å²) < 4.78 is 0. The zero-order valence-electron chi connectivity index (χ0n) is 30.9. The van der Waals surface area contributed by atoms with E-state index in [1.807, 2.05) is 60.7 Å². The van der Waals surface area contributed by atoms with E-state index in [0.717, 1.165) is 22.3 Å². The number of rotatable bonds is 4. The highest BCUT2D eigenvalue weighted by atomic mass is 15.0. The number of hydrogen-bond acceptors (Lipinski definition) is 3. The molecule has 0 spiro atoms. The summed E-state index contributed by atoms with van der Waals surface area (Å²) in [4.78, 5) is 15.0. The lowest BCUT2D eigenvalue weighted by atomic mass is 9.55. The Kier molecular flexibility index (Phi) is 7.19. The van der Waals surface area contributed by atoms with Gasteiger partial charge in [0.15, 0.2) is 17.5 Å². The summed E-state index contributed by atoms with van der Waals surface area (Å²) in [5.74, 6) is 1.97. The molecule has 9 aromatic rings. The van der Waals surface area contributed by atoms with Gasteiger partial charge in [-0.1, -0.05) is 167 Å². The normalized spacial score (nSPS) is 14.2. The van der Waals surface area contributed by atoms with Crippen LogP contribution >= 0.6 is 0 Å². The second-order valence-electron chi connectivity index (χ2n) is 15.7. The molecule has 0 aliphatic heterocycles. The van der Waals surface area contributed by atoms with E-state index in [1.165, 1.54) is 60.1 Å². The maximum absolute atomic E-state index is 5.02. The Balaban J connectivity index is 1.16. The molecule has 0 N–H and O–H groups in total. The summed E-state index contributed by atoms with van der Waals surface area (Å²) in [7, 11) is 0. The van der Waals surface area contributed by atoms with Crippen LogP contribution in [0.5, 0.6) is 0 Å². The number of hydrogen-bond donors (Lipinski definition) is 0. The van der Waals surface area contributed by atoms with Crippen molar-refractivity contribution in [1.29, 1.82) is 0 Å². The van der Waals surface area contributed by atoms with Crippen molar-refractivity contribution < 1.29 is 0 Å². The molecule has 1 aliphatic rings. The molecule has 0 atom stereocenters. The van der Waals surface area contributed by atoms with Crippen molar-refractivity contribution >= 4 is 32.3 Å². The molecule has 0 fully saturated rings. The fourth-order valence-corrected chi connectivity index (χ4v) is 8.63. The minimum atomic E-state index is -0.109. The van der Waals surface area contributed by atoms with E-state index < -0.39 is 0 Å². The van der Waals surface area contributed by atoms with Crippen LogP contribution in [0.3, 0.4) is 0 Å². The fourth-order valence-electron chi connectivity index (χ4n) is 8.63. The van der Waals surface area contributed by atoms with Crippen molar-refractivity contribution in [1.82, 2.24) is 15.0 Å². The summed E-state index contributed by atoms with van der Waals surface area (Å²) in [5, 5.41) is 7.83. The van der Waals surface area contributed by atoms with Gasteiger partial charge >= 0.3 is 0 Å². The molecule has 0 bridgehead atoms. The fraction of sp³-hybridized carbons (Fsp3) is 0.118. The molecular formula is C51H39N3. The van der Waals surface area contributed by atoms with Gasteiger partial charge in [-0.2, -0.15) is 0 Å². The van der Waals surface area contributed by atoms with Gasteiger partial charge in [-0.15, -0.1) is 0 Å². The second kappa shape index (κ2) is 12.0. The third kappa shape index (κ3) is 4.92. The van der Waals surface area contributed by atoms with Gasteiger partial charge in [-0.05, 0) is 101 Å². The Morgan fingerprint density at radius 2 is 0.704 bits per heavy atom. The van der Waals surface area contributed by atoms with Crippen molar-refractivity contribution in [2.75, 3.05) is 0 Å². The van der Waals surface area contributed by atoms with E-state index in [0.29, 0.717) is 17.5 Å². The monoisotopic (exact) mass is 693 g/mol. The minimum absolute atomic E-state index is 0.108. The Morgan fingerprint density at radius 3 is 1.28 bits per heavy atom. The first-order valence-electron chi connectivity index (χ1n) is 18.8. The predicted molar refractivity (Wildman–Crippen MR) is 226 cm³/mol. The topological polar surface area (TPSA) is 38.7 Å². The first-order valence-corrected chi connectivity index (χ1v) is 18.8. The highest BCUT2D eigenvalue weighted by Gasteiger charge is 2.46. The van der Waals surface area contributed by atoms with E-state index in [-0.39, 0.29) is 10.8 Å². The summed E-state index contributed by atoms with van der Waals surface area (Å²) in [6, 6.07) is 58.7. The number of benzene rings is 8. The molecule has 1 aromatic heterocycles. The Hall–Kier alpha value is -6.45. The number of fused-ring (bicyclic) bond motifs is 9. The van der Waals surface area contributed by atoms with Gasteiger partial charge in [-0.25, -0.2) is 15.0 Å². The van der Waals surface area contributed by atoms with E-state index in [1.54, 1.807) is 0 Å². The third-order valence-electron chi connectivity index (χ3n) is 12.3. The standard InChI is InChI=1S/C51H39N3/c1-50(2)45-27-26-35(34-20-15-21-36(28-34)49-53-47(32-16-7-5-8-17-32)52-48(54-49)33-18-9-6-10-19-33)29-43(45)44-30-41-39-24-13-11-22-37(39)38-23-12-14-25-40(38)42(41)31-46(44)51(50,3)4/h5-31H,1-4H3. The Bertz CT molecular complexity index is 2870. The van der Waals surface area contributed by atoms with Gasteiger partial charge < -0.3 is 0 Å². The van der Waals surface area contributed by atoms with Crippen LogP contribution in [0.15, 0.2) is 164 Å². The molecule has 54 heavy (non-hydrogen) atoms. The van der Waals surface area contributed by atoms with Crippen molar-refractivity contribution in [2.45, 2.75) is 38.5 Å². The van der Waals surface area contributed by atoms with Crippen LogP contribution in [-0.2, 0) is 10.8 Å². The molecule has 0 saturated carbocycles. The zero-order chi connectivity index (χ0) is 36.6. The third-order valence-corrected chi connectivity index (χ3v) is 12.3. The van der Waals surface area contributed by atoms with E-state index >= 15 is 0 Å². The molecule has 0 unspecified atom stereocenters. The molecule has 10 rings (SSSR count). The number of aromatic nitrogens is 3. The number of nitrogens with zero attached hydrogens (tertiary/aromatic N) is 3. The molecular weight excluding hydrogens is 655 g/mol. The lowest BCUT2D eigenvalue weighted by Crippen LogP contribution is -2.43. The van der Waals surface area contributed by atoms with Crippen LogP contribution in [0.2, 0.25) is 0 Å². The molecule has 0 saturated heterocycles. The van der Waals surface area contributed by atoms with E-state index in [9.17, 15) is 0 Å². The average Bonchev–Trinajstić information content (AvgIpc) is 3.23. The molecule has 3 heteroatoms. The molecule has 258 valence electrons. The molecule has 0 radical (unpaired) electrons. The SMILES string of the molecule is CC1(C)c2ccc(-c3cccc(-c4nc(-c5ccccc5)nc(-c5ccccc5)n4)c3)cc2-c2cc3c4ccccc4c4ccccc4c3cc2C1(C)C. The van der Waals surface area contributed by atoms with E-state index in [4.69, 9.17) is 15.0 Å². The predicted octanol–water partition coefficient (Wildman–Crippen LogP) is 13.2. The maximum atomic E-state index is 5.02. The van der Waals surface area contributed by atoms with Crippen molar-refractivity contribution in [2.24, 2.45) is 0 Å². The Labute approximate surface area is 316 Å². The molecule has 8 aromatic carbocycles. The molecule has 3 nitrogen and oxygen atoms in total. The van der Waals surface area contributed by atoms with Gasteiger partial charge in [-0.3, -0.25) is 0 Å². The van der Waals surface area contributed by atoms with Gasteiger partial charge in [0.25, 0.3) is 0 Å². The summed E-state index contributed by atoms with van der Waals surface area (Å²) in [6.45, 7) is 9.66. The van der Waals surface area contributed by atoms with Gasteiger partial charge in [0, 0.05) is 16.7 Å². The van der Waals surface area contributed by atoms with E-state index in [2.05, 4.69) is 131 Å². The van der Waals surface area contributed by atoms with Crippen LogP contribution in [0.25, 0.3) is 88.7 Å². The van der Waals surface area contributed by atoms with Crippen molar-refractivity contribution in [3.8, 4) is 56.4 Å². The molecule has 1 aliphatic carbocycles. The lowest BCUT2D eigenvalue weighted by Gasteiger charge is -2.48. The quantitative estimate of drug-likeness (QED) is 0.172. The van der Waals surface area contributed by atoms with Crippen LogP contribution in [0, 0.1) is 0 Å². The van der Waals surface area contributed by atoms with Crippen molar-refractivity contribution in [3.63, 3.8) is 0 Å². The van der Waals surface area contributed by atoms with Crippen LogP contribution in [0.4, 0.5) is 0 Å². The molecule has 0 amide bonds. The smallest absolute Gasteiger partial charge is 0.164 e.